The number of benzene rings is 3. The van der Waals surface area contributed by atoms with Crippen molar-refractivity contribution >= 4 is 46.6 Å². The third-order valence-corrected chi connectivity index (χ3v) is 8.69. The van der Waals surface area contributed by atoms with Gasteiger partial charge in [-0.15, -0.1) is 0 Å². The molecule has 0 aliphatic heterocycles. The Morgan fingerprint density at radius 3 is 2.45 bits per heavy atom. The Morgan fingerprint density at radius 2 is 1.73 bits per heavy atom. The number of fused-ring (bicyclic) bond motifs is 2. The third-order valence-electron chi connectivity index (χ3n) is 8.36. The first-order valence-electron chi connectivity index (χ1n) is 16.0. The van der Waals surface area contributed by atoms with E-state index in [1.165, 1.54) is 18.3 Å². The van der Waals surface area contributed by atoms with Crippen LogP contribution < -0.4 is 16.0 Å². The number of halogens is 3. The van der Waals surface area contributed by atoms with Gasteiger partial charge in [0.15, 0.2) is 17.3 Å². The summed E-state index contributed by atoms with van der Waals surface area (Å²) < 4.78 is 34.0. The molecule has 0 spiro atoms. The number of hydrogen-bond acceptors (Lipinski definition) is 7. The highest BCUT2D eigenvalue weighted by atomic mass is 35.5. The number of carbonyl (C=O) groups is 4. The Hall–Kier alpha value is -5.69. The Kier molecular flexibility index (Phi) is 9.58. The number of aromatic nitrogens is 3. The van der Waals surface area contributed by atoms with E-state index in [0.717, 1.165) is 33.3 Å². The van der Waals surface area contributed by atoms with Crippen LogP contribution in [0.5, 0.6) is 0 Å². The number of hydrogen-bond donors (Lipinski definition) is 3. The Bertz CT molecular complexity index is 2230. The zero-order valence-corrected chi connectivity index (χ0v) is 28.8. The summed E-state index contributed by atoms with van der Waals surface area (Å²) in [5.74, 6) is -4.52. The maximum absolute atomic E-state index is 14.0. The van der Waals surface area contributed by atoms with Crippen LogP contribution in [0.25, 0.3) is 5.65 Å². The molecule has 6 rings (SSSR count). The Labute approximate surface area is 296 Å². The fourth-order valence-corrected chi connectivity index (χ4v) is 6.08. The summed E-state index contributed by atoms with van der Waals surface area (Å²) in [5, 5.41) is 12.9. The maximum Gasteiger partial charge on any atom is 0.338 e. The minimum Gasteiger partial charge on any atom is -0.456 e. The lowest BCUT2D eigenvalue weighted by Gasteiger charge is -2.21. The predicted octanol–water partition coefficient (Wildman–Crippen LogP) is 6.52. The number of carbonyl (C=O) groups excluding carboxylic acids is 4. The van der Waals surface area contributed by atoms with Gasteiger partial charge in [-0.25, -0.2) is 23.1 Å². The van der Waals surface area contributed by atoms with Gasteiger partial charge in [0.2, 0.25) is 0 Å². The van der Waals surface area contributed by atoms with Crippen molar-refractivity contribution in [2.24, 2.45) is 0 Å². The molecule has 2 aromatic heterocycles. The first-order valence-corrected chi connectivity index (χ1v) is 16.4. The second-order valence-electron chi connectivity index (χ2n) is 13.1. The first-order chi connectivity index (χ1) is 24.2. The molecule has 14 heteroatoms. The summed E-state index contributed by atoms with van der Waals surface area (Å²) in [4.78, 5) is 58.0. The van der Waals surface area contributed by atoms with Crippen LogP contribution in [0.1, 0.15) is 97.2 Å². The smallest absolute Gasteiger partial charge is 0.338 e. The quantitative estimate of drug-likeness (QED) is 0.155. The molecule has 3 N–H and O–H groups in total. The van der Waals surface area contributed by atoms with Gasteiger partial charge in [-0.2, -0.15) is 5.10 Å². The van der Waals surface area contributed by atoms with Crippen LogP contribution in [0, 0.1) is 18.6 Å². The van der Waals surface area contributed by atoms with Crippen molar-refractivity contribution in [3.8, 4) is 0 Å². The number of nitrogens with zero attached hydrogens (tertiary/aromatic N) is 3. The van der Waals surface area contributed by atoms with E-state index in [2.05, 4.69) is 26.0 Å². The summed E-state index contributed by atoms with van der Waals surface area (Å²) in [6.07, 6.45) is 2.36. The first kappa shape index (κ1) is 35.1. The molecular formula is C37H33ClF2N6O5. The van der Waals surface area contributed by atoms with Crippen LogP contribution in [0.15, 0.2) is 66.9 Å². The fraction of sp³-hybridized carbons (Fsp3) is 0.243. The van der Waals surface area contributed by atoms with Gasteiger partial charge in [-0.3, -0.25) is 14.4 Å². The van der Waals surface area contributed by atoms with E-state index >= 15 is 0 Å². The molecule has 262 valence electrons. The lowest BCUT2D eigenvalue weighted by molar-refractivity contribution is 0.00682. The van der Waals surface area contributed by atoms with Gasteiger partial charge >= 0.3 is 5.97 Å². The molecule has 5 aromatic rings. The second kappa shape index (κ2) is 13.9. The lowest BCUT2D eigenvalue weighted by atomic mass is 9.97. The van der Waals surface area contributed by atoms with Crippen molar-refractivity contribution in [1.82, 2.24) is 25.2 Å². The number of ether oxygens (including phenoxy) is 1. The van der Waals surface area contributed by atoms with E-state index in [9.17, 15) is 28.0 Å². The van der Waals surface area contributed by atoms with Gasteiger partial charge in [0.05, 0.1) is 28.5 Å². The highest BCUT2D eigenvalue weighted by molar-refractivity contribution is 6.34. The highest BCUT2D eigenvalue weighted by Crippen LogP contribution is 2.35. The van der Waals surface area contributed by atoms with Gasteiger partial charge < -0.3 is 20.7 Å². The Morgan fingerprint density at radius 1 is 0.961 bits per heavy atom. The van der Waals surface area contributed by atoms with Gasteiger partial charge in [-0.05, 0) is 93.1 Å². The van der Waals surface area contributed by atoms with Crippen molar-refractivity contribution in [2.45, 2.75) is 58.7 Å². The predicted molar refractivity (Wildman–Crippen MR) is 185 cm³/mol. The SMILES string of the molecule is Cc1c(C(=O)OC(C)(C)C)ccc2c1CC[C@@H]2NC(=O)c1cc(C(=O)NCc2ccc(F)c(F)c2)nc2c(C(=O)Nc3ccccc3Cl)cnn12. The summed E-state index contributed by atoms with van der Waals surface area (Å²) in [6, 6.07) is 14.1. The van der Waals surface area contributed by atoms with E-state index in [-0.39, 0.29) is 39.7 Å². The van der Waals surface area contributed by atoms with Crippen molar-refractivity contribution < 1.29 is 32.7 Å². The average molecular weight is 715 g/mol. The largest absolute Gasteiger partial charge is 0.456 e. The van der Waals surface area contributed by atoms with Gasteiger partial charge in [0.25, 0.3) is 17.7 Å². The lowest BCUT2D eigenvalue weighted by Crippen LogP contribution is -2.31. The fourth-order valence-electron chi connectivity index (χ4n) is 5.89. The number of para-hydroxylation sites is 1. The average Bonchev–Trinajstić information content (AvgIpc) is 3.70. The van der Waals surface area contributed by atoms with E-state index in [4.69, 9.17) is 16.3 Å². The summed E-state index contributed by atoms with van der Waals surface area (Å²) in [6.45, 7) is 7.06. The molecule has 51 heavy (non-hydrogen) atoms. The minimum atomic E-state index is -1.07. The highest BCUT2D eigenvalue weighted by Gasteiger charge is 2.31. The summed E-state index contributed by atoms with van der Waals surface area (Å²) >= 11 is 6.24. The molecule has 2 heterocycles. The van der Waals surface area contributed by atoms with Crippen LogP contribution in [-0.2, 0) is 17.7 Å². The van der Waals surface area contributed by atoms with Crippen LogP contribution >= 0.6 is 11.6 Å². The molecule has 0 radical (unpaired) electrons. The topological polar surface area (TPSA) is 144 Å². The van der Waals surface area contributed by atoms with Crippen LogP contribution in [-0.4, -0.2) is 43.9 Å². The van der Waals surface area contributed by atoms with E-state index in [0.29, 0.717) is 24.1 Å². The normalized spacial score (nSPS) is 13.8. The van der Waals surface area contributed by atoms with Crippen LogP contribution in [0.3, 0.4) is 0 Å². The monoisotopic (exact) mass is 714 g/mol. The standard InChI is InChI=1S/C37H33ClF2N6O5/c1-19-21-12-14-28(23(21)11-10-22(19)36(50)51-37(2,3)4)44-35(49)31-16-30(34(48)41-17-20-9-13-26(39)27(40)15-20)43-32-24(18-42-46(31)32)33(47)45-29-8-6-5-7-25(29)38/h5-11,13,15-16,18,28H,12,14,17H2,1-4H3,(H,41,48)(H,44,49)(H,45,47)/t28-/m0/s1. The number of anilines is 1. The van der Waals surface area contributed by atoms with E-state index < -0.39 is 47.0 Å². The minimum absolute atomic E-state index is 0.0456. The third kappa shape index (κ3) is 7.43. The molecule has 0 unspecified atom stereocenters. The number of esters is 1. The number of amides is 3. The Balaban J connectivity index is 1.32. The molecule has 1 aliphatic rings. The molecule has 11 nitrogen and oxygen atoms in total. The molecule has 3 amide bonds. The van der Waals surface area contributed by atoms with E-state index in [1.54, 1.807) is 57.2 Å². The van der Waals surface area contributed by atoms with Crippen molar-refractivity contribution in [1.29, 1.82) is 0 Å². The second-order valence-corrected chi connectivity index (χ2v) is 13.5. The number of rotatable bonds is 8. The molecule has 0 saturated carbocycles. The van der Waals surface area contributed by atoms with Gasteiger partial charge in [0, 0.05) is 12.6 Å². The molecule has 0 bridgehead atoms. The van der Waals surface area contributed by atoms with Gasteiger partial charge in [-0.1, -0.05) is 35.9 Å². The van der Waals surface area contributed by atoms with Crippen molar-refractivity contribution in [3.63, 3.8) is 0 Å². The van der Waals surface area contributed by atoms with E-state index in [1.807, 2.05) is 6.92 Å². The van der Waals surface area contributed by atoms with Gasteiger partial charge in [0.1, 0.15) is 22.6 Å². The summed E-state index contributed by atoms with van der Waals surface area (Å²) in [5.41, 5.74) is 2.48. The number of nitrogens with one attached hydrogen (secondary N) is 3. The maximum atomic E-state index is 14.0. The van der Waals surface area contributed by atoms with Crippen molar-refractivity contribution in [2.75, 3.05) is 5.32 Å². The molecule has 1 atom stereocenters. The molecule has 1 aliphatic carbocycles. The molecule has 3 aromatic carbocycles. The molecule has 0 fully saturated rings. The van der Waals surface area contributed by atoms with Crippen LogP contribution in [0.2, 0.25) is 5.02 Å². The summed E-state index contributed by atoms with van der Waals surface area (Å²) in [7, 11) is 0. The van der Waals surface area contributed by atoms with Crippen LogP contribution in [0.4, 0.5) is 14.5 Å². The zero-order valence-electron chi connectivity index (χ0n) is 28.1. The zero-order chi connectivity index (χ0) is 36.6. The van der Waals surface area contributed by atoms with Crippen molar-refractivity contribution in [3.05, 3.63) is 128 Å². The molecule has 0 saturated heterocycles. The molecular weight excluding hydrogens is 682 g/mol.